The summed E-state index contributed by atoms with van der Waals surface area (Å²) in [6.07, 6.45) is 2.52. The largest absolute Gasteiger partial charge is 0.497 e. The zero-order chi connectivity index (χ0) is 18.5. The molecule has 25 heavy (non-hydrogen) atoms. The molecule has 0 spiro atoms. The predicted molar refractivity (Wildman–Crippen MR) is 104 cm³/mol. The van der Waals surface area contributed by atoms with Gasteiger partial charge in [-0.15, -0.1) is 0 Å². The molecule has 1 aliphatic rings. The predicted octanol–water partition coefficient (Wildman–Crippen LogP) is 4.78. The number of benzene rings is 1. The summed E-state index contributed by atoms with van der Waals surface area (Å²) in [6.45, 7) is 13.7. The Morgan fingerprint density at radius 3 is 2.36 bits per heavy atom. The average molecular weight is 367 g/mol. The smallest absolute Gasteiger partial charge is 0.192 e. The highest BCUT2D eigenvalue weighted by atomic mass is 28.4. The van der Waals surface area contributed by atoms with Crippen molar-refractivity contribution in [3.63, 3.8) is 0 Å². The first kappa shape index (κ1) is 20.4. The van der Waals surface area contributed by atoms with Crippen molar-refractivity contribution in [2.75, 3.05) is 20.3 Å². The minimum absolute atomic E-state index is 0.222. The first-order chi connectivity index (χ1) is 11.7. The molecule has 1 saturated heterocycles. The fraction of sp³-hybridized carbons (Fsp3) is 0.700. The van der Waals surface area contributed by atoms with Crippen LogP contribution in [0.5, 0.6) is 5.75 Å². The van der Waals surface area contributed by atoms with Crippen LogP contribution >= 0.6 is 0 Å². The standard InChI is InChI=1S/C20H34O4Si/c1-20(2,3)25(5,6)24-18(13-19-15-23-19)11-12-22-14-16-7-9-17(21-4)10-8-16/h7-10,18-19H,11-15H2,1-6H3/t18-,19-/m0/s1. The highest BCUT2D eigenvalue weighted by Crippen LogP contribution is 2.38. The molecule has 0 aliphatic carbocycles. The lowest BCUT2D eigenvalue weighted by Gasteiger charge is -2.39. The van der Waals surface area contributed by atoms with Gasteiger partial charge in [-0.05, 0) is 42.2 Å². The third-order valence-electron chi connectivity index (χ3n) is 5.21. The molecule has 0 unspecified atom stereocenters. The number of hydrogen-bond donors (Lipinski definition) is 0. The third-order valence-corrected chi connectivity index (χ3v) is 9.74. The Balaban J connectivity index is 1.79. The maximum absolute atomic E-state index is 6.60. The monoisotopic (exact) mass is 366 g/mol. The molecule has 0 saturated carbocycles. The van der Waals surface area contributed by atoms with E-state index in [1.54, 1.807) is 7.11 Å². The van der Waals surface area contributed by atoms with Gasteiger partial charge in [0.1, 0.15) is 5.75 Å². The van der Waals surface area contributed by atoms with Crippen molar-refractivity contribution < 1.29 is 18.6 Å². The Bertz CT molecular complexity index is 517. The van der Waals surface area contributed by atoms with Crippen molar-refractivity contribution in [3.05, 3.63) is 29.8 Å². The van der Waals surface area contributed by atoms with E-state index in [1.165, 1.54) is 0 Å². The molecular weight excluding hydrogens is 332 g/mol. The molecule has 0 aromatic heterocycles. The van der Waals surface area contributed by atoms with E-state index in [-0.39, 0.29) is 11.1 Å². The number of methoxy groups -OCH3 is 1. The molecule has 0 radical (unpaired) electrons. The Hall–Kier alpha value is -0.883. The molecule has 0 bridgehead atoms. The summed E-state index contributed by atoms with van der Waals surface area (Å²) in [7, 11) is -0.0885. The van der Waals surface area contributed by atoms with Gasteiger partial charge in [0.25, 0.3) is 0 Å². The van der Waals surface area contributed by atoms with E-state index in [1.807, 2.05) is 24.3 Å². The van der Waals surface area contributed by atoms with Gasteiger partial charge < -0.3 is 18.6 Å². The van der Waals surface area contributed by atoms with Crippen LogP contribution in [0.3, 0.4) is 0 Å². The zero-order valence-electron chi connectivity index (χ0n) is 16.6. The molecule has 1 heterocycles. The fourth-order valence-electron chi connectivity index (χ4n) is 2.44. The van der Waals surface area contributed by atoms with Crippen LogP contribution in [0.25, 0.3) is 0 Å². The summed E-state index contributed by atoms with van der Waals surface area (Å²) in [5.74, 6) is 0.871. The molecule has 1 aromatic carbocycles. The van der Waals surface area contributed by atoms with Crippen LogP contribution in [0.2, 0.25) is 18.1 Å². The molecular formula is C20H34O4Si. The number of epoxide rings is 1. The van der Waals surface area contributed by atoms with Crippen LogP contribution in [0.4, 0.5) is 0 Å². The second-order valence-corrected chi connectivity index (χ2v) is 13.1. The molecule has 1 aromatic rings. The van der Waals surface area contributed by atoms with Crippen molar-refractivity contribution in [2.24, 2.45) is 0 Å². The quantitative estimate of drug-likeness (QED) is 0.339. The van der Waals surface area contributed by atoms with Crippen molar-refractivity contribution in [1.29, 1.82) is 0 Å². The molecule has 1 aliphatic heterocycles. The topological polar surface area (TPSA) is 40.2 Å². The van der Waals surface area contributed by atoms with Crippen LogP contribution in [0.1, 0.15) is 39.2 Å². The molecule has 0 N–H and O–H groups in total. The molecule has 2 atom stereocenters. The minimum Gasteiger partial charge on any atom is -0.497 e. The van der Waals surface area contributed by atoms with E-state index in [9.17, 15) is 0 Å². The zero-order valence-corrected chi connectivity index (χ0v) is 17.6. The van der Waals surface area contributed by atoms with Gasteiger partial charge in [-0.3, -0.25) is 0 Å². The van der Waals surface area contributed by atoms with E-state index in [0.29, 0.717) is 19.3 Å². The van der Waals surface area contributed by atoms with E-state index in [4.69, 9.17) is 18.6 Å². The van der Waals surface area contributed by atoms with Crippen LogP contribution in [0.15, 0.2) is 24.3 Å². The minimum atomic E-state index is -1.77. The van der Waals surface area contributed by atoms with E-state index >= 15 is 0 Å². The number of rotatable bonds is 10. The Labute approximate surface area is 153 Å². The lowest BCUT2D eigenvalue weighted by molar-refractivity contribution is 0.0710. The second kappa shape index (κ2) is 8.67. The van der Waals surface area contributed by atoms with Gasteiger partial charge in [-0.2, -0.15) is 0 Å². The summed E-state index contributed by atoms with van der Waals surface area (Å²) in [5.41, 5.74) is 1.16. The summed E-state index contributed by atoms with van der Waals surface area (Å²) >= 11 is 0. The summed E-state index contributed by atoms with van der Waals surface area (Å²) in [4.78, 5) is 0. The molecule has 5 heteroatoms. The fourth-order valence-corrected chi connectivity index (χ4v) is 3.84. The van der Waals surface area contributed by atoms with Gasteiger partial charge in [0.15, 0.2) is 8.32 Å². The Morgan fingerprint density at radius 1 is 1.20 bits per heavy atom. The van der Waals surface area contributed by atoms with Gasteiger partial charge in [-0.1, -0.05) is 32.9 Å². The first-order valence-corrected chi connectivity index (χ1v) is 12.1. The van der Waals surface area contributed by atoms with Gasteiger partial charge in [0.2, 0.25) is 0 Å². The molecule has 0 amide bonds. The van der Waals surface area contributed by atoms with E-state index in [2.05, 4.69) is 33.9 Å². The maximum Gasteiger partial charge on any atom is 0.192 e. The second-order valence-electron chi connectivity index (χ2n) is 8.38. The van der Waals surface area contributed by atoms with Crippen LogP contribution in [-0.2, 0) is 20.5 Å². The van der Waals surface area contributed by atoms with Crippen molar-refractivity contribution >= 4 is 8.32 Å². The van der Waals surface area contributed by atoms with Crippen molar-refractivity contribution in [1.82, 2.24) is 0 Å². The summed E-state index contributed by atoms with van der Waals surface area (Å²) in [5, 5.41) is 0.222. The van der Waals surface area contributed by atoms with Crippen LogP contribution < -0.4 is 4.74 Å². The lowest BCUT2D eigenvalue weighted by atomic mass is 10.1. The van der Waals surface area contributed by atoms with Gasteiger partial charge in [-0.25, -0.2) is 0 Å². The Kier molecular flexibility index (Phi) is 7.08. The summed E-state index contributed by atoms with van der Waals surface area (Å²) in [6, 6.07) is 8.01. The van der Waals surface area contributed by atoms with E-state index < -0.39 is 8.32 Å². The lowest BCUT2D eigenvalue weighted by Crippen LogP contribution is -2.44. The van der Waals surface area contributed by atoms with E-state index in [0.717, 1.165) is 30.8 Å². The van der Waals surface area contributed by atoms with Gasteiger partial charge >= 0.3 is 0 Å². The number of ether oxygens (including phenoxy) is 3. The van der Waals surface area contributed by atoms with Crippen LogP contribution in [0, 0.1) is 0 Å². The first-order valence-electron chi connectivity index (χ1n) is 9.21. The van der Waals surface area contributed by atoms with Crippen molar-refractivity contribution in [3.8, 4) is 5.75 Å². The van der Waals surface area contributed by atoms with Crippen LogP contribution in [-0.4, -0.2) is 40.8 Å². The molecule has 1 fully saturated rings. The summed E-state index contributed by atoms with van der Waals surface area (Å²) < 4.78 is 23.1. The van der Waals surface area contributed by atoms with Crippen molar-refractivity contribution in [2.45, 2.75) is 70.6 Å². The van der Waals surface area contributed by atoms with Gasteiger partial charge in [0.05, 0.1) is 26.4 Å². The van der Waals surface area contributed by atoms with Gasteiger partial charge in [0, 0.05) is 19.1 Å². The normalized spacial score (nSPS) is 18.9. The highest BCUT2D eigenvalue weighted by Gasteiger charge is 2.40. The maximum atomic E-state index is 6.60. The third kappa shape index (κ3) is 6.74. The number of hydrogen-bond acceptors (Lipinski definition) is 4. The highest BCUT2D eigenvalue weighted by molar-refractivity contribution is 6.74. The molecule has 2 rings (SSSR count). The average Bonchev–Trinajstić information content (AvgIpc) is 3.34. The molecule has 4 nitrogen and oxygen atoms in total. The Morgan fingerprint density at radius 2 is 1.84 bits per heavy atom. The SMILES string of the molecule is COc1ccc(COCC[C@@H](C[C@H]2CO2)O[Si](C)(C)C(C)(C)C)cc1. The molecule has 142 valence electrons.